The number of halogens is 1. The van der Waals surface area contributed by atoms with Crippen molar-refractivity contribution in [2.24, 2.45) is 0 Å². The van der Waals surface area contributed by atoms with Gasteiger partial charge >= 0.3 is 0 Å². The molecule has 1 aromatic heterocycles. The number of aromatic nitrogens is 3. The second-order valence-electron chi connectivity index (χ2n) is 9.63. The highest BCUT2D eigenvalue weighted by Crippen LogP contribution is 2.33. The number of fused-ring (bicyclic) bond motifs is 1. The van der Waals surface area contributed by atoms with Crippen molar-refractivity contribution in [3.63, 3.8) is 0 Å². The van der Waals surface area contributed by atoms with Crippen LogP contribution in [-0.4, -0.2) is 43.3 Å². The number of rotatable bonds is 8. The van der Waals surface area contributed by atoms with E-state index in [1.165, 1.54) is 6.07 Å². The number of amides is 2. The van der Waals surface area contributed by atoms with Crippen LogP contribution in [0.15, 0.2) is 48.5 Å². The van der Waals surface area contributed by atoms with E-state index in [9.17, 15) is 9.59 Å². The minimum Gasteiger partial charge on any atom is -0.349 e. The van der Waals surface area contributed by atoms with Crippen molar-refractivity contribution in [2.45, 2.75) is 77.0 Å². The smallest absolute Gasteiger partial charge is 0.247 e. The van der Waals surface area contributed by atoms with Crippen LogP contribution in [0.2, 0.25) is 0 Å². The van der Waals surface area contributed by atoms with Crippen LogP contribution < -0.4 is 5.32 Å². The Bertz CT molecular complexity index is 1170. The van der Waals surface area contributed by atoms with Gasteiger partial charge in [0.25, 0.3) is 0 Å². The SMILES string of the molecule is CCC(C)(C)NC(=O)[C@@H](c1ccccc1F)N(C(=O)Cn1nnc2ccccc21)C1CCCC1. The molecule has 0 unspecified atom stereocenters. The lowest BCUT2D eigenvalue weighted by Crippen LogP contribution is -2.53. The zero-order chi connectivity index (χ0) is 24.3. The van der Waals surface area contributed by atoms with Crippen LogP contribution in [-0.2, 0) is 16.1 Å². The molecule has 1 saturated carbocycles. The van der Waals surface area contributed by atoms with Gasteiger partial charge in [-0.05, 0) is 51.3 Å². The van der Waals surface area contributed by atoms with Crippen molar-refractivity contribution in [1.29, 1.82) is 0 Å². The monoisotopic (exact) mass is 465 g/mol. The molecule has 8 heteroatoms. The van der Waals surface area contributed by atoms with E-state index in [0.717, 1.165) is 31.2 Å². The number of benzene rings is 2. The lowest BCUT2D eigenvalue weighted by molar-refractivity contribution is -0.145. The second kappa shape index (κ2) is 9.91. The summed E-state index contributed by atoms with van der Waals surface area (Å²) in [7, 11) is 0. The molecule has 1 fully saturated rings. The zero-order valence-electron chi connectivity index (χ0n) is 20.0. The molecule has 2 aromatic carbocycles. The summed E-state index contributed by atoms with van der Waals surface area (Å²) in [5.41, 5.74) is 1.14. The predicted octanol–water partition coefficient (Wildman–Crippen LogP) is 4.39. The molecule has 0 saturated heterocycles. The molecule has 1 aliphatic carbocycles. The van der Waals surface area contributed by atoms with Crippen molar-refractivity contribution >= 4 is 22.8 Å². The van der Waals surface area contributed by atoms with E-state index in [-0.39, 0.29) is 30.0 Å². The van der Waals surface area contributed by atoms with Crippen LogP contribution >= 0.6 is 0 Å². The summed E-state index contributed by atoms with van der Waals surface area (Å²) >= 11 is 0. The fourth-order valence-electron chi connectivity index (χ4n) is 4.59. The lowest BCUT2D eigenvalue weighted by atomic mass is 9.97. The van der Waals surface area contributed by atoms with Gasteiger partial charge in [-0.25, -0.2) is 9.07 Å². The van der Waals surface area contributed by atoms with Crippen molar-refractivity contribution in [1.82, 2.24) is 25.2 Å². The van der Waals surface area contributed by atoms with Crippen molar-refractivity contribution < 1.29 is 14.0 Å². The third-order valence-corrected chi connectivity index (χ3v) is 6.78. The first kappa shape index (κ1) is 23.9. The van der Waals surface area contributed by atoms with Gasteiger partial charge < -0.3 is 10.2 Å². The number of carbonyl (C=O) groups is 2. The van der Waals surface area contributed by atoms with Gasteiger partial charge in [0, 0.05) is 17.1 Å². The first-order valence-corrected chi connectivity index (χ1v) is 12.0. The summed E-state index contributed by atoms with van der Waals surface area (Å²) in [6.45, 7) is 5.75. The van der Waals surface area contributed by atoms with E-state index >= 15 is 4.39 Å². The van der Waals surface area contributed by atoms with Gasteiger partial charge in [-0.1, -0.05) is 55.3 Å². The van der Waals surface area contributed by atoms with E-state index in [2.05, 4.69) is 15.6 Å². The summed E-state index contributed by atoms with van der Waals surface area (Å²) in [4.78, 5) is 29.1. The van der Waals surface area contributed by atoms with Crippen LogP contribution in [0.4, 0.5) is 4.39 Å². The Morgan fingerprint density at radius 2 is 1.82 bits per heavy atom. The Labute approximate surface area is 199 Å². The molecule has 0 bridgehead atoms. The standard InChI is InChI=1S/C26H32FN5O2/c1-4-26(2,3)28-25(34)24(19-13-7-8-14-20(19)27)32(18-11-5-6-12-18)23(33)17-31-22-16-10-9-15-21(22)29-30-31/h7-10,13-16,18,24H,4-6,11-12,17H2,1-3H3,(H,28,34)/t24-/m1/s1. The van der Waals surface area contributed by atoms with Crippen LogP contribution in [0.1, 0.15) is 64.5 Å². The number of hydrogen-bond acceptors (Lipinski definition) is 4. The highest BCUT2D eigenvalue weighted by molar-refractivity contribution is 5.90. The molecule has 1 aliphatic rings. The fourth-order valence-corrected chi connectivity index (χ4v) is 4.59. The summed E-state index contributed by atoms with van der Waals surface area (Å²) in [5, 5.41) is 11.3. The Morgan fingerprint density at radius 1 is 1.15 bits per heavy atom. The molecule has 0 spiro atoms. The average Bonchev–Trinajstić information content (AvgIpc) is 3.48. The second-order valence-corrected chi connectivity index (χ2v) is 9.63. The lowest BCUT2D eigenvalue weighted by Gasteiger charge is -2.38. The van der Waals surface area contributed by atoms with Gasteiger partial charge in [-0.3, -0.25) is 9.59 Å². The largest absolute Gasteiger partial charge is 0.349 e. The first-order valence-electron chi connectivity index (χ1n) is 12.0. The van der Waals surface area contributed by atoms with Crippen LogP contribution in [0.5, 0.6) is 0 Å². The van der Waals surface area contributed by atoms with Crippen LogP contribution in [0, 0.1) is 5.82 Å². The first-order chi connectivity index (χ1) is 16.3. The van der Waals surface area contributed by atoms with Gasteiger partial charge in [-0.15, -0.1) is 5.10 Å². The number of hydrogen-bond donors (Lipinski definition) is 1. The maximum Gasteiger partial charge on any atom is 0.247 e. The molecule has 1 heterocycles. The third-order valence-electron chi connectivity index (χ3n) is 6.78. The van der Waals surface area contributed by atoms with Crippen LogP contribution in [0.3, 0.4) is 0 Å². The van der Waals surface area contributed by atoms with E-state index in [1.807, 2.05) is 45.0 Å². The van der Waals surface area contributed by atoms with Gasteiger partial charge in [0.05, 0.1) is 5.52 Å². The number of para-hydroxylation sites is 1. The molecular formula is C26H32FN5O2. The van der Waals surface area contributed by atoms with Gasteiger partial charge in [0.2, 0.25) is 11.8 Å². The molecule has 1 N–H and O–H groups in total. The zero-order valence-corrected chi connectivity index (χ0v) is 20.0. The predicted molar refractivity (Wildman–Crippen MR) is 128 cm³/mol. The molecule has 0 radical (unpaired) electrons. The van der Waals surface area contributed by atoms with Gasteiger partial charge in [-0.2, -0.15) is 0 Å². The number of carbonyl (C=O) groups excluding carboxylic acids is 2. The third kappa shape index (κ3) is 4.95. The maximum absolute atomic E-state index is 15.1. The van der Waals surface area contributed by atoms with E-state index < -0.39 is 17.4 Å². The Kier molecular flexibility index (Phi) is 6.95. The molecule has 2 amide bonds. The van der Waals surface area contributed by atoms with Crippen LogP contribution in [0.25, 0.3) is 11.0 Å². The van der Waals surface area contributed by atoms with Crippen molar-refractivity contribution in [3.05, 3.63) is 59.9 Å². The highest BCUT2D eigenvalue weighted by atomic mass is 19.1. The highest BCUT2D eigenvalue weighted by Gasteiger charge is 2.40. The molecule has 180 valence electrons. The number of nitrogens with zero attached hydrogens (tertiary/aromatic N) is 4. The maximum atomic E-state index is 15.1. The van der Waals surface area contributed by atoms with E-state index in [4.69, 9.17) is 0 Å². The van der Waals surface area contributed by atoms with Gasteiger partial charge in [0.1, 0.15) is 23.9 Å². The normalized spacial score (nSPS) is 15.4. The summed E-state index contributed by atoms with van der Waals surface area (Å²) in [6.07, 6.45) is 4.18. The fraction of sp³-hybridized carbons (Fsp3) is 0.462. The molecule has 4 rings (SSSR count). The van der Waals surface area contributed by atoms with Gasteiger partial charge in [0.15, 0.2) is 0 Å². The molecule has 1 atom stereocenters. The summed E-state index contributed by atoms with van der Waals surface area (Å²) in [6, 6.07) is 12.4. The minimum atomic E-state index is -1.07. The Hall–Kier alpha value is -3.29. The Balaban J connectivity index is 1.75. The molecule has 34 heavy (non-hydrogen) atoms. The molecule has 3 aromatic rings. The number of nitrogens with one attached hydrogen (secondary N) is 1. The summed E-state index contributed by atoms with van der Waals surface area (Å²) in [5.74, 6) is -1.15. The van der Waals surface area contributed by atoms with Crippen molar-refractivity contribution in [2.75, 3.05) is 0 Å². The molecule has 0 aliphatic heterocycles. The molecular weight excluding hydrogens is 433 g/mol. The van der Waals surface area contributed by atoms with Crippen molar-refractivity contribution in [3.8, 4) is 0 Å². The van der Waals surface area contributed by atoms with E-state index in [1.54, 1.807) is 27.8 Å². The minimum absolute atomic E-state index is 0.0770. The molecule has 7 nitrogen and oxygen atoms in total. The average molecular weight is 466 g/mol. The summed E-state index contributed by atoms with van der Waals surface area (Å²) < 4.78 is 16.6. The van der Waals surface area contributed by atoms with E-state index in [0.29, 0.717) is 11.9 Å². The quantitative estimate of drug-likeness (QED) is 0.535. The topological polar surface area (TPSA) is 80.1 Å². The Morgan fingerprint density at radius 3 is 2.53 bits per heavy atom.